The Labute approximate surface area is 125 Å². The molecule has 2 heteroatoms. The maximum Gasteiger partial charge on any atom is 0.303 e. The second-order valence-corrected chi connectivity index (χ2v) is 5.37. The zero-order chi connectivity index (χ0) is 14.9. The molecule has 0 aromatic rings. The molecule has 0 bridgehead atoms. The SMILES string of the molecule is CCCCC/C=C/C/C=C/CCCCCCC[13C](=O)O. The summed E-state index contributed by atoms with van der Waals surface area (Å²) in [5.41, 5.74) is 0. The highest BCUT2D eigenvalue weighted by Crippen LogP contribution is 2.08. The average Bonchev–Trinajstić information content (AvgIpc) is 2.43. The number of carbonyl (C=O) groups is 1. The van der Waals surface area contributed by atoms with Gasteiger partial charge in [0.1, 0.15) is 0 Å². The Morgan fingerprint density at radius 3 is 1.95 bits per heavy atom. The molecule has 0 unspecified atom stereocenters. The molecule has 1 N–H and O–H groups in total. The van der Waals surface area contributed by atoms with E-state index in [4.69, 9.17) is 5.11 Å². The molecule has 0 aromatic carbocycles. The van der Waals surface area contributed by atoms with E-state index in [1.54, 1.807) is 0 Å². The summed E-state index contributed by atoms with van der Waals surface area (Å²) in [7, 11) is 0. The molecule has 0 fully saturated rings. The van der Waals surface area contributed by atoms with Crippen molar-refractivity contribution in [1.29, 1.82) is 0 Å². The number of rotatable bonds is 14. The van der Waals surface area contributed by atoms with E-state index in [1.807, 2.05) is 0 Å². The molecule has 0 atom stereocenters. The van der Waals surface area contributed by atoms with Crippen molar-refractivity contribution in [2.45, 2.75) is 84.0 Å². The number of hydrogen-bond donors (Lipinski definition) is 1. The number of carboxylic acid groups (broad SMARTS) is 1. The van der Waals surface area contributed by atoms with E-state index in [2.05, 4.69) is 31.2 Å². The van der Waals surface area contributed by atoms with E-state index >= 15 is 0 Å². The van der Waals surface area contributed by atoms with E-state index < -0.39 is 5.97 Å². The Hall–Kier alpha value is -1.05. The third kappa shape index (κ3) is 16.9. The van der Waals surface area contributed by atoms with Gasteiger partial charge in [0.2, 0.25) is 0 Å². The van der Waals surface area contributed by atoms with E-state index in [0.717, 1.165) is 25.7 Å². The third-order valence-corrected chi connectivity index (χ3v) is 3.34. The Bertz CT molecular complexity index is 267. The van der Waals surface area contributed by atoms with Crippen LogP contribution in [0.15, 0.2) is 24.3 Å². The first-order valence-electron chi connectivity index (χ1n) is 8.29. The standard InChI is InChI=1S/C18H32O2/c1-2-3-4-5-6-7-8-9-10-11-12-13-14-15-16-17-18(19)20/h6-7,9-10H,2-5,8,11-17H2,1H3,(H,19,20)/b7-6+,10-9+/i18+1. The van der Waals surface area contributed by atoms with Gasteiger partial charge in [0.25, 0.3) is 0 Å². The van der Waals surface area contributed by atoms with Gasteiger partial charge in [0.05, 0.1) is 0 Å². The van der Waals surface area contributed by atoms with Gasteiger partial charge in [0.15, 0.2) is 0 Å². The molecule has 20 heavy (non-hydrogen) atoms. The van der Waals surface area contributed by atoms with Crippen LogP contribution in [0, 0.1) is 0 Å². The van der Waals surface area contributed by atoms with Gasteiger partial charge in [-0.1, -0.05) is 63.3 Å². The minimum absolute atomic E-state index is 0.324. The molecule has 0 amide bonds. The van der Waals surface area contributed by atoms with Crippen molar-refractivity contribution in [2.75, 3.05) is 0 Å². The number of unbranched alkanes of at least 4 members (excludes halogenated alkanes) is 8. The Morgan fingerprint density at radius 1 is 0.800 bits per heavy atom. The molecule has 2 nitrogen and oxygen atoms in total. The van der Waals surface area contributed by atoms with Crippen molar-refractivity contribution >= 4 is 5.97 Å². The molecule has 0 heterocycles. The molecular formula is C18H32O2. The van der Waals surface area contributed by atoms with Gasteiger partial charge in [-0.25, -0.2) is 0 Å². The van der Waals surface area contributed by atoms with Gasteiger partial charge in [-0.15, -0.1) is 0 Å². The molecule has 116 valence electrons. The van der Waals surface area contributed by atoms with Crippen LogP contribution in [0.25, 0.3) is 0 Å². The predicted octanol–water partition coefficient (Wildman–Crippen LogP) is 5.88. The maximum atomic E-state index is 10.3. The molecule has 0 aliphatic heterocycles. The fourth-order valence-electron chi connectivity index (χ4n) is 2.09. The minimum Gasteiger partial charge on any atom is -0.481 e. The van der Waals surface area contributed by atoms with E-state index in [0.29, 0.717) is 6.42 Å². The second kappa shape index (κ2) is 16.0. The topological polar surface area (TPSA) is 37.3 Å². The summed E-state index contributed by atoms with van der Waals surface area (Å²) in [5, 5.41) is 8.50. The summed E-state index contributed by atoms with van der Waals surface area (Å²) in [5.74, 6) is -0.671. The van der Waals surface area contributed by atoms with Crippen LogP contribution in [-0.4, -0.2) is 11.1 Å². The molecular weight excluding hydrogens is 249 g/mol. The van der Waals surface area contributed by atoms with Crippen molar-refractivity contribution in [2.24, 2.45) is 0 Å². The van der Waals surface area contributed by atoms with Gasteiger partial charge in [-0.3, -0.25) is 4.79 Å². The van der Waals surface area contributed by atoms with Gasteiger partial charge in [0, 0.05) is 6.42 Å². The average molecular weight is 281 g/mol. The summed E-state index contributed by atoms with van der Waals surface area (Å²) in [6, 6.07) is 0. The summed E-state index contributed by atoms with van der Waals surface area (Å²) in [4.78, 5) is 10.3. The third-order valence-electron chi connectivity index (χ3n) is 3.34. The number of aliphatic carboxylic acids is 1. The van der Waals surface area contributed by atoms with Crippen LogP contribution in [0.3, 0.4) is 0 Å². The molecule has 0 saturated heterocycles. The minimum atomic E-state index is -0.671. The van der Waals surface area contributed by atoms with E-state index in [-0.39, 0.29) is 0 Å². The molecule has 0 spiro atoms. The Balaban J connectivity index is 3.17. The number of hydrogen-bond acceptors (Lipinski definition) is 1. The summed E-state index contributed by atoms with van der Waals surface area (Å²) >= 11 is 0. The highest BCUT2D eigenvalue weighted by atomic mass is 16.5. The smallest absolute Gasteiger partial charge is 0.303 e. The van der Waals surface area contributed by atoms with Gasteiger partial charge in [-0.2, -0.15) is 0 Å². The highest BCUT2D eigenvalue weighted by Gasteiger charge is 1.95. The molecule has 0 radical (unpaired) electrons. The van der Waals surface area contributed by atoms with Crippen LogP contribution in [0.4, 0.5) is 0 Å². The Kier molecular flexibility index (Phi) is 15.2. The first-order chi connectivity index (χ1) is 9.77. The molecule has 0 aromatic heterocycles. The Morgan fingerprint density at radius 2 is 1.35 bits per heavy atom. The highest BCUT2D eigenvalue weighted by molar-refractivity contribution is 5.66. The zero-order valence-electron chi connectivity index (χ0n) is 13.2. The van der Waals surface area contributed by atoms with Crippen LogP contribution in [-0.2, 0) is 4.79 Å². The zero-order valence-corrected chi connectivity index (χ0v) is 13.2. The molecule has 0 rings (SSSR count). The maximum absolute atomic E-state index is 10.3. The summed E-state index contributed by atoms with van der Waals surface area (Å²) in [6.07, 6.45) is 22.3. The largest absolute Gasteiger partial charge is 0.481 e. The number of carboxylic acids is 1. The summed E-state index contributed by atoms with van der Waals surface area (Å²) < 4.78 is 0. The van der Waals surface area contributed by atoms with Crippen LogP contribution in [0.5, 0.6) is 0 Å². The fourth-order valence-corrected chi connectivity index (χ4v) is 2.09. The fraction of sp³-hybridized carbons (Fsp3) is 0.722. The van der Waals surface area contributed by atoms with Gasteiger partial charge >= 0.3 is 5.97 Å². The second-order valence-electron chi connectivity index (χ2n) is 5.37. The summed E-state index contributed by atoms with van der Waals surface area (Å²) in [6.45, 7) is 2.23. The van der Waals surface area contributed by atoms with Crippen LogP contribution in [0.2, 0.25) is 0 Å². The van der Waals surface area contributed by atoms with Crippen LogP contribution in [0.1, 0.15) is 84.0 Å². The van der Waals surface area contributed by atoms with Crippen molar-refractivity contribution in [3.8, 4) is 0 Å². The molecule has 0 aliphatic carbocycles. The molecule has 0 aliphatic rings. The first kappa shape index (κ1) is 18.9. The van der Waals surface area contributed by atoms with Crippen LogP contribution < -0.4 is 0 Å². The lowest BCUT2D eigenvalue weighted by Gasteiger charge is -1.98. The quantitative estimate of drug-likeness (QED) is 0.245. The monoisotopic (exact) mass is 281 g/mol. The number of allylic oxidation sites excluding steroid dienone is 4. The van der Waals surface area contributed by atoms with E-state index in [1.165, 1.54) is 44.9 Å². The molecule has 0 saturated carbocycles. The predicted molar refractivity (Wildman–Crippen MR) is 87.0 cm³/mol. The lowest BCUT2D eigenvalue weighted by molar-refractivity contribution is -0.137. The van der Waals surface area contributed by atoms with Crippen molar-refractivity contribution in [3.05, 3.63) is 24.3 Å². The van der Waals surface area contributed by atoms with Gasteiger partial charge < -0.3 is 5.11 Å². The van der Waals surface area contributed by atoms with Crippen molar-refractivity contribution in [1.82, 2.24) is 0 Å². The van der Waals surface area contributed by atoms with E-state index in [9.17, 15) is 4.79 Å². The van der Waals surface area contributed by atoms with Crippen LogP contribution >= 0.6 is 0 Å². The lowest BCUT2D eigenvalue weighted by atomic mass is 10.1. The first-order valence-corrected chi connectivity index (χ1v) is 8.29. The van der Waals surface area contributed by atoms with Crippen molar-refractivity contribution in [3.63, 3.8) is 0 Å². The van der Waals surface area contributed by atoms with Gasteiger partial charge in [-0.05, 0) is 38.5 Å². The lowest BCUT2D eigenvalue weighted by Crippen LogP contribution is -1.93. The van der Waals surface area contributed by atoms with Crippen molar-refractivity contribution < 1.29 is 9.90 Å². The normalized spacial score (nSPS) is 11.7.